The standard InChI is InChI=1S/C19H22O4/c1-14(6-5-7-15(2)13-20)10-11-22-18-12-19(21)23-17-9-4-3-8-16(17)18/h3-4,8-10,12-13,15H,5-7,11H2,1-2H3/b14-10+. The molecule has 0 amide bonds. The quantitative estimate of drug-likeness (QED) is 0.418. The molecule has 2 rings (SSSR count). The molecule has 4 heteroatoms. The summed E-state index contributed by atoms with van der Waals surface area (Å²) in [6, 6.07) is 8.69. The van der Waals surface area contributed by atoms with Crippen LogP contribution in [0.5, 0.6) is 5.75 Å². The van der Waals surface area contributed by atoms with Crippen molar-refractivity contribution in [1.29, 1.82) is 0 Å². The predicted octanol–water partition coefficient (Wildman–Crippen LogP) is 4.12. The van der Waals surface area contributed by atoms with E-state index in [1.807, 2.05) is 38.1 Å². The fraction of sp³-hybridized carbons (Fsp3) is 0.368. The molecule has 0 spiro atoms. The molecule has 1 heterocycles. The van der Waals surface area contributed by atoms with Crippen molar-refractivity contribution in [3.8, 4) is 5.75 Å². The van der Waals surface area contributed by atoms with Crippen molar-refractivity contribution < 1.29 is 13.9 Å². The van der Waals surface area contributed by atoms with Crippen LogP contribution in [0.15, 0.2) is 51.2 Å². The van der Waals surface area contributed by atoms with Crippen LogP contribution < -0.4 is 10.4 Å². The van der Waals surface area contributed by atoms with Gasteiger partial charge in [0.25, 0.3) is 0 Å². The summed E-state index contributed by atoms with van der Waals surface area (Å²) in [7, 11) is 0. The average molecular weight is 314 g/mol. The number of hydrogen-bond acceptors (Lipinski definition) is 4. The lowest BCUT2D eigenvalue weighted by Crippen LogP contribution is -2.02. The molecule has 2 aromatic rings. The Morgan fingerprint density at radius 1 is 1.35 bits per heavy atom. The van der Waals surface area contributed by atoms with Crippen molar-refractivity contribution in [2.75, 3.05) is 6.61 Å². The van der Waals surface area contributed by atoms with Gasteiger partial charge in [0, 0.05) is 5.92 Å². The van der Waals surface area contributed by atoms with Crippen LogP contribution in [0.3, 0.4) is 0 Å². The zero-order chi connectivity index (χ0) is 16.7. The Kier molecular flexibility index (Phi) is 6.15. The van der Waals surface area contributed by atoms with E-state index in [1.54, 1.807) is 6.07 Å². The third-order valence-corrected chi connectivity index (χ3v) is 3.75. The Morgan fingerprint density at radius 3 is 2.91 bits per heavy atom. The van der Waals surface area contributed by atoms with Crippen LogP contribution in [0, 0.1) is 5.92 Å². The SMILES string of the molecule is C/C(=C\COc1cc(=O)oc2ccccc12)CCCC(C)C=O. The van der Waals surface area contributed by atoms with Gasteiger partial charge in [-0.3, -0.25) is 0 Å². The number of allylic oxidation sites excluding steroid dienone is 1. The van der Waals surface area contributed by atoms with Gasteiger partial charge in [-0.15, -0.1) is 0 Å². The summed E-state index contributed by atoms with van der Waals surface area (Å²) in [6.07, 6.45) is 5.84. The van der Waals surface area contributed by atoms with E-state index in [0.29, 0.717) is 17.9 Å². The minimum absolute atomic E-state index is 0.119. The molecule has 122 valence electrons. The van der Waals surface area contributed by atoms with Gasteiger partial charge in [0.2, 0.25) is 0 Å². The highest BCUT2D eigenvalue weighted by Crippen LogP contribution is 2.23. The Bertz CT molecular complexity index is 742. The number of hydrogen-bond donors (Lipinski definition) is 0. The zero-order valence-electron chi connectivity index (χ0n) is 13.6. The molecule has 0 fully saturated rings. The highest BCUT2D eigenvalue weighted by atomic mass is 16.5. The van der Waals surface area contributed by atoms with Crippen molar-refractivity contribution in [2.24, 2.45) is 5.92 Å². The lowest BCUT2D eigenvalue weighted by Gasteiger charge is -2.07. The van der Waals surface area contributed by atoms with E-state index in [9.17, 15) is 9.59 Å². The maximum Gasteiger partial charge on any atom is 0.339 e. The van der Waals surface area contributed by atoms with Crippen molar-refractivity contribution in [3.05, 3.63) is 52.4 Å². The molecule has 1 aromatic heterocycles. The molecule has 0 radical (unpaired) electrons. The molecule has 1 aromatic carbocycles. The van der Waals surface area contributed by atoms with E-state index in [-0.39, 0.29) is 5.92 Å². The predicted molar refractivity (Wildman–Crippen MR) is 90.8 cm³/mol. The third-order valence-electron chi connectivity index (χ3n) is 3.75. The number of ether oxygens (including phenoxy) is 1. The second-order valence-corrected chi connectivity index (χ2v) is 5.79. The van der Waals surface area contributed by atoms with Crippen LogP contribution in [0.1, 0.15) is 33.1 Å². The van der Waals surface area contributed by atoms with E-state index in [0.717, 1.165) is 30.9 Å². The third kappa shape index (κ3) is 5.09. The van der Waals surface area contributed by atoms with Crippen molar-refractivity contribution in [2.45, 2.75) is 33.1 Å². The minimum Gasteiger partial charge on any atom is -0.488 e. The fourth-order valence-electron chi connectivity index (χ4n) is 2.35. The summed E-state index contributed by atoms with van der Waals surface area (Å²) in [5.41, 5.74) is 1.33. The van der Waals surface area contributed by atoms with Gasteiger partial charge in [0.05, 0.1) is 11.5 Å². The molecule has 23 heavy (non-hydrogen) atoms. The van der Waals surface area contributed by atoms with Gasteiger partial charge in [-0.1, -0.05) is 24.6 Å². The molecule has 0 saturated carbocycles. The molecule has 4 nitrogen and oxygen atoms in total. The first-order valence-corrected chi connectivity index (χ1v) is 7.86. The molecule has 0 bridgehead atoms. The average Bonchev–Trinajstić information content (AvgIpc) is 2.54. The second kappa shape index (κ2) is 8.32. The number of rotatable bonds is 8. The number of aldehydes is 1. The molecule has 1 unspecified atom stereocenters. The number of carbonyl (C=O) groups is 1. The van der Waals surface area contributed by atoms with Gasteiger partial charge in [-0.05, 0) is 44.4 Å². The normalized spacial score (nSPS) is 13.0. The van der Waals surface area contributed by atoms with Crippen molar-refractivity contribution in [1.82, 2.24) is 0 Å². The van der Waals surface area contributed by atoms with Crippen LogP contribution in [-0.4, -0.2) is 12.9 Å². The maximum absolute atomic E-state index is 11.5. The molecule has 0 aliphatic rings. The first-order chi connectivity index (χ1) is 11.1. The molecule has 0 aliphatic heterocycles. The monoisotopic (exact) mass is 314 g/mol. The number of fused-ring (bicyclic) bond motifs is 1. The minimum atomic E-state index is -0.415. The molecule has 0 saturated heterocycles. The van der Waals surface area contributed by atoms with Crippen molar-refractivity contribution >= 4 is 17.3 Å². The number of para-hydroxylation sites is 1. The van der Waals surface area contributed by atoms with Gasteiger partial charge in [-0.2, -0.15) is 0 Å². The lowest BCUT2D eigenvalue weighted by atomic mass is 10.0. The van der Waals surface area contributed by atoms with Gasteiger partial charge < -0.3 is 13.9 Å². The Morgan fingerprint density at radius 2 is 2.13 bits per heavy atom. The van der Waals surface area contributed by atoms with Crippen LogP contribution in [0.25, 0.3) is 11.0 Å². The summed E-state index contributed by atoms with van der Waals surface area (Å²) in [5.74, 6) is 0.657. The second-order valence-electron chi connectivity index (χ2n) is 5.79. The summed E-state index contributed by atoms with van der Waals surface area (Å²) < 4.78 is 10.9. The Hall–Kier alpha value is -2.36. The van der Waals surface area contributed by atoms with Crippen LogP contribution in [0.4, 0.5) is 0 Å². The molecule has 0 aliphatic carbocycles. The summed E-state index contributed by atoms with van der Waals surface area (Å²) >= 11 is 0. The summed E-state index contributed by atoms with van der Waals surface area (Å²) in [4.78, 5) is 22.1. The number of benzene rings is 1. The van der Waals surface area contributed by atoms with E-state index in [1.165, 1.54) is 11.6 Å². The number of carbonyl (C=O) groups excluding carboxylic acids is 1. The van der Waals surface area contributed by atoms with Crippen LogP contribution in [-0.2, 0) is 4.79 Å². The van der Waals surface area contributed by atoms with Crippen LogP contribution in [0.2, 0.25) is 0 Å². The highest BCUT2D eigenvalue weighted by molar-refractivity contribution is 5.82. The van der Waals surface area contributed by atoms with E-state index in [4.69, 9.17) is 9.15 Å². The lowest BCUT2D eigenvalue weighted by molar-refractivity contribution is -0.110. The first kappa shape index (κ1) is 17.0. The van der Waals surface area contributed by atoms with Gasteiger partial charge in [0.15, 0.2) is 0 Å². The molecule has 1 atom stereocenters. The van der Waals surface area contributed by atoms with E-state index >= 15 is 0 Å². The van der Waals surface area contributed by atoms with Crippen LogP contribution >= 0.6 is 0 Å². The summed E-state index contributed by atoms with van der Waals surface area (Å²) in [5, 5.41) is 0.790. The van der Waals surface area contributed by atoms with E-state index < -0.39 is 5.63 Å². The van der Waals surface area contributed by atoms with Gasteiger partial charge in [0.1, 0.15) is 24.2 Å². The summed E-state index contributed by atoms with van der Waals surface area (Å²) in [6.45, 7) is 4.39. The smallest absolute Gasteiger partial charge is 0.339 e. The fourth-order valence-corrected chi connectivity index (χ4v) is 2.35. The molecular formula is C19H22O4. The largest absolute Gasteiger partial charge is 0.488 e. The van der Waals surface area contributed by atoms with Gasteiger partial charge in [-0.25, -0.2) is 4.79 Å². The maximum atomic E-state index is 11.5. The Balaban J connectivity index is 1.94. The Labute approximate surface area is 135 Å². The van der Waals surface area contributed by atoms with E-state index in [2.05, 4.69) is 0 Å². The zero-order valence-corrected chi connectivity index (χ0v) is 13.6. The molecular weight excluding hydrogens is 292 g/mol. The highest BCUT2D eigenvalue weighted by Gasteiger charge is 2.05. The van der Waals surface area contributed by atoms with Gasteiger partial charge >= 0.3 is 5.63 Å². The van der Waals surface area contributed by atoms with Crippen molar-refractivity contribution in [3.63, 3.8) is 0 Å². The molecule has 0 N–H and O–H groups in total. The topological polar surface area (TPSA) is 56.5 Å². The first-order valence-electron chi connectivity index (χ1n) is 7.86.